The summed E-state index contributed by atoms with van der Waals surface area (Å²) >= 11 is 0. The van der Waals surface area contributed by atoms with Gasteiger partial charge in [0.15, 0.2) is 5.78 Å². The number of nitriles is 1. The molecule has 3 aromatic carbocycles. The zero-order valence-corrected chi connectivity index (χ0v) is 23.8. The summed E-state index contributed by atoms with van der Waals surface area (Å²) in [6, 6.07) is 25.3. The van der Waals surface area contributed by atoms with Crippen LogP contribution in [-0.4, -0.2) is 43.3 Å². The highest BCUT2D eigenvalue weighted by atomic mass is 16.7. The average molecular weight is 548 g/mol. The van der Waals surface area contributed by atoms with Crippen molar-refractivity contribution in [3.63, 3.8) is 0 Å². The third-order valence-electron chi connectivity index (χ3n) is 8.18. The molecule has 1 heterocycles. The predicted molar refractivity (Wildman–Crippen MR) is 158 cm³/mol. The monoisotopic (exact) mass is 548 g/mol. The lowest BCUT2D eigenvalue weighted by molar-refractivity contribution is 0.00578. The number of amides is 1. The standard InChI is InChI=1S/C33H33BN2O5/c1-32(2)33(3,4)41-34(40-32)23(19-22-11-5-6-12-24(22)30(37)17-18-35)20-36-31(38)39-21-29-27-15-9-7-13-25(27)26-14-8-10-16-28(26)29/h5-16,19,29H,17,20-21H2,1-4H3,(H,36,38). The number of carbonyl (C=O) groups is 2. The van der Waals surface area contributed by atoms with Gasteiger partial charge in [-0.3, -0.25) is 4.79 Å². The lowest BCUT2D eigenvalue weighted by atomic mass is 9.76. The molecular weight excluding hydrogens is 515 g/mol. The second-order valence-electron chi connectivity index (χ2n) is 11.3. The number of hydrogen-bond donors (Lipinski definition) is 1. The van der Waals surface area contributed by atoms with Crippen molar-refractivity contribution in [2.24, 2.45) is 0 Å². The molecule has 208 valence electrons. The molecule has 0 spiro atoms. The van der Waals surface area contributed by atoms with E-state index in [4.69, 9.17) is 19.3 Å². The molecule has 3 aromatic rings. The number of nitrogens with zero attached hydrogens (tertiary/aromatic N) is 1. The molecule has 0 aromatic heterocycles. The van der Waals surface area contributed by atoms with E-state index in [-0.39, 0.29) is 31.3 Å². The summed E-state index contributed by atoms with van der Waals surface area (Å²) in [6.45, 7) is 8.08. The van der Waals surface area contributed by atoms with Crippen molar-refractivity contribution in [3.8, 4) is 17.2 Å². The molecule has 41 heavy (non-hydrogen) atoms. The smallest absolute Gasteiger partial charge is 0.449 e. The number of rotatable bonds is 8. The molecule has 2 aliphatic rings. The van der Waals surface area contributed by atoms with Crippen LogP contribution in [-0.2, 0) is 14.0 Å². The Labute approximate surface area is 241 Å². The number of Topliss-reactive ketones (excluding diaryl/α,β-unsaturated/α-hetero) is 1. The molecule has 0 radical (unpaired) electrons. The van der Waals surface area contributed by atoms with Crippen molar-refractivity contribution in [1.29, 1.82) is 5.26 Å². The highest BCUT2D eigenvalue weighted by molar-refractivity contribution is 6.56. The number of ketones is 1. The van der Waals surface area contributed by atoms with Gasteiger partial charge in [-0.1, -0.05) is 78.9 Å². The summed E-state index contributed by atoms with van der Waals surface area (Å²) < 4.78 is 18.3. The van der Waals surface area contributed by atoms with Crippen LogP contribution in [0.3, 0.4) is 0 Å². The van der Waals surface area contributed by atoms with Gasteiger partial charge < -0.3 is 19.4 Å². The Hall–Kier alpha value is -4.19. The molecule has 0 unspecified atom stereocenters. The zero-order valence-electron chi connectivity index (χ0n) is 23.8. The maximum Gasteiger partial charge on any atom is 0.492 e. The third kappa shape index (κ3) is 5.69. The van der Waals surface area contributed by atoms with Crippen LogP contribution >= 0.6 is 0 Å². The maximum atomic E-state index is 13.0. The lowest BCUT2D eigenvalue weighted by Crippen LogP contribution is -2.41. The number of carbonyl (C=O) groups excluding carboxylic acids is 2. The van der Waals surface area contributed by atoms with E-state index in [0.717, 1.165) is 22.3 Å². The van der Waals surface area contributed by atoms with Gasteiger partial charge in [0.25, 0.3) is 0 Å². The second-order valence-corrected chi connectivity index (χ2v) is 11.3. The van der Waals surface area contributed by atoms with E-state index in [2.05, 4.69) is 29.6 Å². The number of fused-ring (bicyclic) bond motifs is 3. The Balaban J connectivity index is 1.34. The van der Waals surface area contributed by atoms with Crippen molar-refractivity contribution < 1.29 is 23.6 Å². The van der Waals surface area contributed by atoms with E-state index in [1.165, 1.54) is 0 Å². The van der Waals surface area contributed by atoms with E-state index < -0.39 is 24.4 Å². The molecule has 1 aliphatic heterocycles. The van der Waals surface area contributed by atoms with Gasteiger partial charge in [-0.2, -0.15) is 5.26 Å². The molecule has 8 heteroatoms. The van der Waals surface area contributed by atoms with Crippen LogP contribution in [0.4, 0.5) is 4.79 Å². The summed E-state index contributed by atoms with van der Waals surface area (Å²) in [6.07, 6.45) is 0.994. The number of hydrogen-bond acceptors (Lipinski definition) is 6. The molecular formula is C33H33BN2O5. The van der Waals surface area contributed by atoms with Gasteiger partial charge in [0, 0.05) is 18.0 Å². The van der Waals surface area contributed by atoms with E-state index in [1.54, 1.807) is 24.3 Å². The molecule has 1 aliphatic carbocycles. The van der Waals surface area contributed by atoms with Crippen molar-refractivity contribution >= 4 is 25.1 Å². The van der Waals surface area contributed by atoms with Crippen LogP contribution in [0.15, 0.2) is 78.3 Å². The van der Waals surface area contributed by atoms with Gasteiger partial charge in [-0.05, 0) is 61.0 Å². The first kappa shape index (κ1) is 28.3. The van der Waals surface area contributed by atoms with Crippen molar-refractivity contribution in [2.75, 3.05) is 13.2 Å². The maximum absolute atomic E-state index is 13.0. The molecule has 7 nitrogen and oxygen atoms in total. The van der Waals surface area contributed by atoms with Gasteiger partial charge in [0.05, 0.1) is 23.7 Å². The van der Waals surface area contributed by atoms with Crippen LogP contribution in [0.5, 0.6) is 0 Å². The van der Waals surface area contributed by atoms with Crippen LogP contribution in [0, 0.1) is 11.3 Å². The summed E-state index contributed by atoms with van der Waals surface area (Å²) in [4.78, 5) is 25.6. The summed E-state index contributed by atoms with van der Waals surface area (Å²) in [7, 11) is -0.756. The number of benzene rings is 3. The van der Waals surface area contributed by atoms with Crippen LogP contribution in [0.1, 0.15) is 67.1 Å². The molecule has 0 atom stereocenters. The molecule has 1 amide bonds. The van der Waals surface area contributed by atoms with Crippen molar-refractivity contribution in [2.45, 2.75) is 51.2 Å². The van der Waals surface area contributed by atoms with Gasteiger partial charge in [-0.25, -0.2) is 4.79 Å². The number of ether oxygens (including phenoxy) is 1. The van der Waals surface area contributed by atoms with E-state index >= 15 is 0 Å². The minimum atomic E-state index is -0.756. The van der Waals surface area contributed by atoms with Gasteiger partial charge >= 0.3 is 13.2 Å². The molecule has 1 saturated heterocycles. The summed E-state index contributed by atoms with van der Waals surface area (Å²) in [5.41, 5.74) is 5.05. The fraction of sp³-hybridized carbons (Fsp3) is 0.303. The largest absolute Gasteiger partial charge is 0.492 e. The van der Waals surface area contributed by atoms with Gasteiger partial charge in [-0.15, -0.1) is 0 Å². The Morgan fingerprint density at radius 2 is 1.49 bits per heavy atom. The first-order chi connectivity index (χ1) is 19.6. The quantitative estimate of drug-likeness (QED) is 0.261. The fourth-order valence-corrected chi connectivity index (χ4v) is 5.26. The fourth-order valence-electron chi connectivity index (χ4n) is 5.26. The summed E-state index contributed by atoms with van der Waals surface area (Å²) in [5.74, 6) is -0.332. The normalized spacial score (nSPS) is 17.0. The molecule has 0 saturated carbocycles. The topological polar surface area (TPSA) is 97.7 Å². The van der Waals surface area contributed by atoms with Gasteiger partial charge in [0.1, 0.15) is 6.61 Å². The third-order valence-corrected chi connectivity index (χ3v) is 8.18. The SMILES string of the molecule is CC1(C)OB(C(=Cc2ccccc2C(=O)CC#N)CNC(=O)OCC2c3ccccc3-c3ccccc32)OC1(C)C. The summed E-state index contributed by atoms with van der Waals surface area (Å²) in [5, 5.41) is 11.9. The first-order valence-corrected chi connectivity index (χ1v) is 13.8. The van der Waals surface area contributed by atoms with E-state index in [0.29, 0.717) is 16.6 Å². The highest BCUT2D eigenvalue weighted by Gasteiger charge is 2.52. The zero-order chi connectivity index (χ0) is 29.2. The number of nitrogens with one attached hydrogen (secondary N) is 1. The second kappa shape index (κ2) is 11.4. The molecule has 1 fully saturated rings. The van der Waals surface area contributed by atoms with Crippen LogP contribution in [0.2, 0.25) is 0 Å². The molecule has 1 N–H and O–H groups in total. The van der Waals surface area contributed by atoms with Crippen molar-refractivity contribution in [3.05, 3.63) is 101 Å². The minimum Gasteiger partial charge on any atom is -0.449 e. The van der Waals surface area contributed by atoms with E-state index in [1.807, 2.05) is 64.1 Å². The Morgan fingerprint density at radius 3 is 2.10 bits per heavy atom. The molecule has 0 bridgehead atoms. The van der Waals surface area contributed by atoms with Crippen LogP contribution < -0.4 is 5.32 Å². The Bertz CT molecular complexity index is 1490. The first-order valence-electron chi connectivity index (χ1n) is 13.8. The Morgan fingerprint density at radius 1 is 0.927 bits per heavy atom. The average Bonchev–Trinajstić information content (AvgIpc) is 3.39. The Kier molecular flexibility index (Phi) is 7.85. The van der Waals surface area contributed by atoms with Crippen molar-refractivity contribution in [1.82, 2.24) is 5.32 Å². The van der Waals surface area contributed by atoms with E-state index in [9.17, 15) is 9.59 Å². The predicted octanol–water partition coefficient (Wildman–Crippen LogP) is 6.34. The molecule has 5 rings (SSSR count). The highest BCUT2D eigenvalue weighted by Crippen LogP contribution is 2.44. The van der Waals surface area contributed by atoms with Crippen LogP contribution in [0.25, 0.3) is 17.2 Å². The lowest BCUT2D eigenvalue weighted by Gasteiger charge is -2.32. The van der Waals surface area contributed by atoms with Gasteiger partial charge in [0.2, 0.25) is 0 Å². The minimum absolute atomic E-state index is 0.0516. The number of alkyl carbamates (subject to hydrolysis) is 1.